The molecule has 10 aromatic carbocycles. The summed E-state index contributed by atoms with van der Waals surface area (Å²) in [5, 5.41) is 12.3. The Labute approximate surface area is 371 Å². The average Bonchev–Trinajstić information content (AvgIpc) is 4.03. The Morgan fingerprint density at radius 1 is 0.297 bits per heavy atom. The van der Waals surface area contributed by atoms with Gasteiger partial charge in [-0.25, -0.2) is 0 Å². The molecule has 0 atom stereocenters. The summed E-state index contributed by atoms with van der Waals surface area (Å²) in [5.74, 6) is 0. The molecule has 0 radical (unpaired) electrons. The van der Waals surface area contributed by atoms with Crippen molar-refractivity contribution in [3.05, 3.63) is 243 Å². The van der Waals surface area contributed by atoms with Crippen molar-refractivity contribution in [2.75, 3.05) is 0 Å². The van der Waals surface area contributed by atoms with E-state index in [0.717, 1.165) is 44.4 Å². The number of hydrogen-bond acceptors (Lipinski definition) is 1. The van der Waals surface area contributed by atoms with Gasteiger partial charge in [0, 0.05) is 43.4 Å². The number of aromatic nitrogens is 2. The van der Waals surface area contributed by atoms with Gasteiger partial charge in [0.2, 0.25) is 0 Å². The van der Waals surface area contributed by atoms with Gasteiger partial charge in [-0.05, 0) is 63.2 Å². The molecule has 13 rings (SSSR count). The highest BCUT2D eigenvalue weighted by Crippen LogP contribution is 2.41. The normalized spacial score (nSPS) is 12.1. The minimum Gasteiger partial charge on any atom is -0.456 e. The van der Waals surface area contributed by atoms with Gasteiger partial charge in [0.1, 0.15) is 11.2 Å². The van der Waals surface area contributed by atoms with Crippen LogP contribution in [0.3, 0.4) is 0 Å². The predicted octanol–water partition coefficient (Wildman–Crippen LogP) is 12.8. The molecule has 0 aliphatic rings. The number of hydrogen-bond donors (Lipinski definition) is 0. The molecular weight excluding hydrogens is 793 g/mol. The molecule has 0 amide bonds. The molecule has 300 valence electrons. The second-order valence-corrected chi connectivity index (χ2v) is 20.5. The van der Waals surface area contributed by atoms with Gasteiger partial charge >= 0.3 is 0 Å². The Morgan fingerprint density at radius 3 is 1.30 bits per heavy atom. The van der Waals surface area contributed by atoms with Crippen LogP contribution in [0.1, 0.15) is 0 Å². The standard InChI is InChI=1S/C60H40N2OSi/c1-3-20-41(21-4-1)64(42-22-5-2-6-23-42,59-37-19-30-50-49-29-12-18-36-58(49)63-60(50)59)43-38-39-57(62-54-33-15-9-26-46(54)47-27-10-16-34-55(47)62)51(40-43)48-28-11-17-35-56(48)61-52-31-13-7-24-44(52)45-25-8-14-32-53(45)61/h1-40H. The van der Waals surface area contributed by atoms with E-state index in [4.69, 9.17) is 4.42 Å². The summed E-state index contributed by atoms with van der Waals surface area (Å²) >= 11 is 0. The third kappa shape index (κ3) is 5.27. The van der Waals surface area contributed by atoms with E-state index < -0.39 is 8.07 Å². The minimum absolute atomic E-state index is 0.900. The number of nitrogens with zero attached hydrogens (tertiary/aromatic N) is 2. The number of fused-ring (bicyclic) bond motifs is 9. The van der Waals surface area contributed by atoms with Gasteiger partial charge in [0.25, 0.3) is 0 Å². The molecule has 0 unspecified atom stereocenters. The van der Waals surface area contributed by atoms with E-state index >= 15 is 0 Å². The molecule has 3 aromatic heterocycles. The quantitative estimate of drug-likeness (QED) is 0.116. The lowest BCUT2D eigenvalue weighted by Gasteiger charge is -2.35. The molecule has 0 N–H and O–H groups in total. The molecule has 0 bridgehead atoms. The smallest absolute Gasteiger partial charge is 0.184 e. The lowest BCUT2D eigenvalue weighted by atomic mass is 10.0. The summed E-state index contributed by atoms with van der Waals surface area (Å²) in [5.41, 5.74) is 11.1. The largest absolute Gasteiger partial charge is 0.456 e. The molecule has 0 aliphatic heterocycles. The number of rotatable bonds is 7. The maximum absolute atomic E-state index is 7.03. The lowest BCUT2D eigenvalue weighted by molar-refractivity contribution is 0.671. The molecule has 0 fully saturated rings. The first-order chi connectivity index (χ1) is 31.8. The second-order valence-electron chi connectivity index (χ2n) is 16.8. The van der Waals surface area contributed by atoms with Crippen LogP contribution in [0.25, 0.3) is 88.1 Å². The van der Waals surface area contributed by atoms with Gasteiger partial charge in [-0.15, -0.1) is 0 Å². The Kier molecular flexibility index (Phi) is 8.23. The highest BCUT2D eigenvalue weighted by molar-refractivity contribution is 7.20. The van der Waals surface area contributed by atoms with Crippen LogP contribution in [0.4, 0.5) is 0 Å². The van der Waals surface area contributed by atoms with Crippen LogP contribution in [0, 0.1) is 0 Å². The molecule has 0 aliphatic carbocycles. The van der Waals surface area contributed by atoms with Gasteiger partial charge in [-0.3, -0.25) is 0 Å². The van der Waals surface area contributed by atoms with Gasteiger partial charge in [0.15, 0.2) is 8.07 Å². The van der Waals surface area contributed by atoms with E-state index in [1.807, 2.05) is 0 Å². The van der Waals surface area contributed by atoms with Gasteiger partial charge in [-0.2, -0.15) is 0 Å². The van der Waals surface area contributed by atoms with Crippen LogP contribution in [-0.2, 0) is 0 Å². The Balaban J connectivity index is 1.20. The zero-order chi connectivity index (χ0) is 42.2. The van der Waals surface area contributed by atoms with Crippen molar-refractivity contribution in [3.8, 4) is 22.5 Å². The minimum atomic E-state index is -3.19. The SMILES string of the molecule is c1ccc([Si](c2ccccc2)(c2ccc(-n3c4ccccc4c4ccccc43)c(-c3ccccc3-n3c4ccccc4c4ccccc43)c2)c2cccc3c2oc2ccccc23)cc1. The van der Waals surface area contributed by atoms with Crippen molar-refractivity contribution < 1.29 is 4.42 Å². The molecule has 64 heavy (non-hydrogen) atoms. The maximum Gasteiger partial charge on any atom is 0.184 e. The first-order valence-corrected chi connectivity index (χ1v) is 24.0. The summed E-state index contributed by atoms with van der Waals surface area (Å²) < 4.78 is 12.0. The van der Waals surface area contributed by atoms with Gasteiger partial charge < -0.3 is 13.6 Å². The summed E-state index contributed by atoms with van der Waals surface area (Å²) in [7, 11) is -3.19. The molecule has 3 heterocycles. The van der Waals surface area contributed by atoms with E-state index in [1.54, 1.807) is 0 Å². The fourth-order valence-electron chi connectivity index (χ4n) is 10.8. The third-order valence-electron chi connectivity index (χ3n) is 13.5. The van der Waals surface area contributed by atoms with Crippen molar-refractivity contribution in [3.63, 3.8) is 0 Å². The third-order valence-corrected chi connectivity index (χ3v) is 18.3. The lowest BCUT2D eigenvalue weighted by Crippen LogP contribution is -2.74. The van der Waals surface area contributed by atoms with Crippen molar-refractivity contribution in [2.24, 2.45) is 0 Å². The van der Waals surface area contributed by atoms with Crippen LogP contribution in [0.2, 0.25) is 0 Å². The van der Waals surface area contributed by atoms with Crippen LogP contribution in [0.15, 0.2) is 247 Å². The zero-order valence-electron chi connectivity index (χ0n) is 34.9. The highest BCUT2D eigenvalue weighted by atomic mass is 28.3. The average molecular weight is 833 g/mol. The first kappa shape index (κ1) is 36.5. The molecule has 13 aromatic rings. The molecule has 0 spiro atoms. The van der Waals surface area contributed by atoms with E-state index in [-0.39, 0.29) is 0 Å². The predicted molar refractivity (Wildman–Crippen MR) is 271 cm³/mol. The summed E-state index contributed by atoms with van der Waals surface area (Å²) in [6, 6.07) is 89.3. The number of benzene rings is 10. The first-order valence-electron chi connectivity index (χ1n) is 22.0. The Morgan fingerprint density at radius 2 is 0.734 bits per heavy atom. The van der Waals surface area contributed by atoms with Crippen LogP contribution >= 0.6 is 0 Å². The van der Waals surface area contributed by atoms with Crippen molar-refractivity contribution >= 4 is 94.4 Å². The van der Waals surface area contributed by atoms with Crippen LogP contribution in [-0.4, -0.2) is 17.2 Å². The molecular formula is C60H40N2OSi. The Bertz CT molecular complexity index is 3770. The van der Waals surface area contributed by atoms with Gasteiger partial charge in [-0.1, -0.05) is 200 Å². The van der Waals surface area contributed by atoms with Gasteiger partial charge in [0.05, 0.1) is 33.4 Å². The van der Waals surface area contributed by atoms with E-state index in [2.05, 4.69) is 252 Å². The van der Waals surface area contributed by atoms with Crippen LogP contribution < -0.4 is 20.7 Å². The fraction of sp³-hybridized carbons (Fsp3) is 0. The maximum atomic E-state index is 7.03. The number of furan rings is 1. The zero-order valence-corrected chi connectivity index (χ0v) is 35.9. The molecule has 0 saturated carbocycles. The van der Waals surface area contributed by atoms with Crippen LogP contribution in [0.5, 0.6) is 0 Å². The van der Waals surface area contributed by atoms with Crippen molar-refractivity contribution in [2.45, 2.75) is 0 Å². The van der Waals surface area contributed by atoms with E-state index in [1.165, 1.54) is 64.4 Å². The fourth-order valence-corrected chi connectivity index (χ4v) is 15.7. The molecule has 0 saturated heterocycles. The topological polar surface area (TPSA) is 23.0 Å². The monoisotopic (exact) mass is 832 g/mol. The summed E-state index contributed by atoms with van der Waals surface area (Å²) in [4.78, 5) is 0. The van der Waals surface area contributed by atoms with Crippen molar-refractivity contribution in [1.29, 1.82) is 0 Å². The van der Waals surface area contributed by atoms with Crippen molar-refractivity contribution in [1.82, 2.24) is 9.13 Å². The molecule has 4 heteroatoms. The number of para-hydroxylation sites is 7. The van der Waals surface area contributed by atoms with E-state index in [0.29, 0.717) is 0 Å². The molecule has 3 nitrogen and oxygen atoms in total. The van der Waals surface area contributed by atoms with E-state index in [9.17, 15) is 0 Å². The Hall–Kier alpha value is -8.18. The summed E-state index contributed by atoms with van der Waals surface area (Å²) in [6.45, 7) is 0. The summed E-state index contributed by atoms with van der Waals surface area (Å²) in [6.07, 6.45) is 0. The highest BCUT2D eigenvalue weighted by Gasteiger charge is 2.44. The second kappa shape index (κ2) is 14.5.